The van der Waals surface area contributed by atoms with Crippen LogP contribution in [0.5, 0.6) is 0 Å². The summed E-state index contributed by atoms with van der Waals surface area (Å²) in [6.07, 6.45) is 4.82. The maximum Gasteiger partial charge on any atom is 0.410 e. The average molecular weight is 1070 g/mol. The smallest absolute Gasteiger partial charge is 0.410 e. The van der Waals surface area contributed by atoms with Gasteiger partial charge in [-0.1, -0.05) is 89.2 Å². The maximum absolute atomic E-state index is 11.1. The summed E-state index contributed by atoms with van der Waals surface area (Å²) in [5, 5.41) is 6.37. The Hall–Kier alpha value is -4.14. The number of nitrogens with one attached hydrogen (secondary N) is 1. The van der Waals surface area contributed by atoms with Crippen LogP contribution in [0.4, 0.5) is 4.79 Å². The highest BCUT2D eigenvalue weighted by Crippen LogP contribution is 2.17. The van der Waals surface area contributed by atoms with E-state index >= 15 is 0 Å². The molecule has 0 saturated carbocycles. The minimum Gasteiger partial charge on any atom is -0.448 e. The predicted molar refractivity (Wildman–Crippen MR) is 302 cm³/mol. The van der Waals surface area contributed by atoms with E-state index in [0.717, 1.165) is 19.4 Å². The number of sulfonamides is 2. The van der Waals surface area contributed by atoms with E-state index in [9.17, 15) is 40.8 Å². The number of ether oxygens (including phenoxy) is 1. The maximum atomic E-state index is 11.1. The number of cyclic esters (lactones) is 1. The van der Waals surface area contributed by atoms with Gasteiger partial charge in [0.25, 0.3) is 11.1 Å². The highest BCUT2D eigenvalue weighted by Gasteiger charge is 2.31. The van der Waals surface area contributed by atoms with Crippen LogP contribution in [0.2, 0.25) is 0 Å². The molecular weight excluding hydrogens is 961 g/mol. The summed E-state index contributed by atoms with van der Waals surface area (Å²) in [6.45, 7) is 51.1. The number of aromatic nitrogens is 3. The Balaban J connectivity index is -0.000000174. The van der Waals surface area contributed by atoms with Gasteiger partial charge in [-0.15, -0.1) is 0 Å². The highest BCUT2D eigenvalue weighted by molar-refractivity contribution is 7.89. The molecule has 426 valence electrons. The summed E-state index contributed by atoms with van der Waals surface area (Å²) in [5.41, 5.74) is 0.0231. The zero-order chi connectivity index (χ0) is 58.0. The molecule has 2 aromatic rings. The minimum absolute atomic E-state index is 0.0440. The van der Waals surface area contributed by atoms with E-state index in [-0.39, 0.29) is 53.5 Å². The van der Waals surface area contributed by atoms with Crippen molar-refractivity contribution >= 4 is 38.0 Å². The highest BCUT2D eigenvalue weighted by atomic mass is 32.2. The van der Waals surface area contributed by atoms with Crippen molar-refractivity contribution in [2.75, 3.05) is 50.8 Å². The van der Waals surface area contributed by atoms with Crippen molar-refractivity contribution in [1.82, 2.24) is 38.1 Å². The van der Waals surface area contributed by atoms with Crippen molar-refractivity contribution in [1.29, 1.82) is 0 Å². The Labute approximate surface area is 439 Å². The number of nitrogens with zero attached hydrogens (tertiary/aromatic N) is 7. The summed E-state index contributed by atoms with van der Waals surface area (Å²) in [7, 11) is -5.71. The number of carbonyl (C=O) groups excluding carboxylic acids is 3. The molecule has 4 fully saturated rings. The molecule has 3 amide bonds. The first-order chi connectivity index (χ1) is 33.8. The molecule has 18 nitrogen and oxygen atoms in total. The van der Waals surface area contributed by atoms with E-state index < -0.39 is 31.9 Å². The minimum atomic E-state index is -2.85. The first kappa shape index (κ1) is 79.3. The van der Waals surface area contributed by atoms with Crippen LogP contribution in [-0.2, 0) is 34.4 Å². The van der Waals surface area contributed by atoms with E-state index in [1.54, 1.807) is 53.6 Å². The van der Waals surface area contributed by atoms with Crippen molar-refractivity contribution in [2.24, 2.45) is 0 Å². The molecule has 6 rings (SSSR count). The molecule has 0 bridgehead atoms. The Morgan fingerprint density at radius 3 is 1.18 bits per heavy atom. The SMILES string of the molecule is CC.CC.CC.CC.CC.CC.CC(C)N1CCCS1(=O)=O.CC(C)N1CCCS1(=O)=O.CC(C)N1CCNC(=O)C1=O.CC(C)N1CCOC1=O.CC(C)n1ccccc1=O.CC(C)n1ncccc1=O. The van der Waals surface area contributed by atoms with Crippen LogP contribution >= 0.6 is 0 Å². The number of hydrogen-bond donors (Lipinski definition) is 1. The average Bonchev–Trinajstić information content (AvgIpc) is 4.08. The van der Waals surface area contributed by atoms with Gasteiger partial charge in [0.2, 0.25) is 20.0 Å². The van der Waals surface area contributed by atoms with Crippen LogP contribution in [0.1, 0.15) is 191 Å². The topological polar surface area (TPSA) is 211 Å². The molecular formula is C52H106N8O10S2. The fourth-order valence-corrected chi connectivity index (χ4v) is 9.62. The fraction of sp³-hybridized carbons (Fsp3) is 0.769. The van der Waals surface area contributed by atoms with Crippen LogP contribution in [0, 0.1) is 0 Å². The largest absolute Gasteiger partial charge is 0.448 e. The van der Waals surface area contributed by atoms with Crippen LogP contribution in [0.3, 0.4) is 0 Å². The lowest BCUT2D eigenvalue weighted by atomic mass is 10.2. The van der Waals surface area contributed by atoms with Gasteiger partial charge in [0.1, 0.15) is 6.61 Å². The van der Waals surface area contributed by atoms with Gasteiger partial charge in [-0.3, -0.25) is 19.2 Å². The number of carbonyl (C=O) groups is 3. The van der Waals surface area contributed by atoms with Crippen molar-refractivity contribution in [2.45, 2.75) is 215 Å². The molecule has 0 aliphatic carbocycles. The molecule has 4 saturated heterocycles. The quantitative estimate of drug-likeness (QED) is 0.269. The molecule has 0 aromatic carbocycles. The van der Waals surface area contributed by atoms with Gasteiger partial charge >= 0.3 is 17.9 Å². The molecule has 0 radical (unpaired) electrons. The lowest BCUT2D eigenvalue weighted by molar-refractivity contribution is -0.149. The van der Waals surface area contributed by atoms with Crippen molar-refractivity contribution in [3.05, 3.63) is 63.4 Å². The van der Waals surface area contributed by atoms with Gasteiger partial charge in [-0.25, -0.2) is 26.3 Å². The molecule has 4 aliphatic heterocycles. The first-order valence-electron chi connectivity index (χ1n) is 26.6. The summed E-state index contributed by atoms with van der Waals surface area (Å²) in [4.78, 5) is 57.9. The number of pyridine rings is 1. The monoisotopic (exact) mass is 1070 g/mol. The summed E-state index contributed by atoms with van der Waals surface area (Å²) in [5.74, 6) is -0.215. The Morgan fingerprint density at radius 2 is 0.944 bits per heavy atom. The molecule has 0 atom stereocenters. The lowest BCUT2D eigenvalue weighted by Crippen LogP contribution is -2.54. The normalized spacial score (nSPS) is 15.8. The predicted octanol–water partition coefficient (Wildman–Crippen LogP) is 9.47. The standard InChI is InChI=1S/C8H11NO.C7H12N2O2.C7H10N2O.2C6H13NO2S.C6H11NO2.6C2H6/c1-7(2)9-6-4-3-5-8(9)10;1-5(2)9-4-3-8-6(10)7(9)11;1-6(2)9-7(10)4-3-5-8-9;2*1-6(2)7-4-3-5-10(7,8)9;1-5(2)7-3-4-9-6(7)8;6*1-2/h3-7H,1-2H3;5H,3-4H2,1-2H3,(H,8,10);3-6H,1-2H3;2*6H,3-5H2,1-2H3;5H,3-4H2,1-2H3;6*1-2H3. The molecule has 2 aromatic heterocycles. The lowest BCUT2D eigenvalue weighted by Gasteiger charge is -2.29. The Morgan fingerprint density at radius 1 is 0.514 bits per heavy atom. The van der Waals surface area contributed by atoms with E-state index in [4.69, 9.17) is 4.74 Å². The zero-order valence-corrected chi connectivity index (χ0v) is 51.2. The van der Waals surface area contributed by atoms with Crippen LogP contribution in [-0.4, -0.2) is 143 Å². The second kappa shape index (κ2) is 46.6. The van der Waals surface area contributed by atoms with E-state index in [1.165, 1.54) is 10.7 Å². The summed E-state index contributed by atoms with van der Waals surface area (Å²) < 4.78 is 55.5. The number of hydrogen-bond acceptors (Lipinski definition) is 11. The van der Waals surface area contributed by atoms with Crippen LogP contribution < -0.4 is 16.4 Å². The number of piperazine rings is 1. The van der Waals surface area contributed by atoms with Gasteiger partial charge < -0.3 is 24.4 Å². The summed E-state index contributed by atoms with van der Waals surface area (Å²) in [6, 6.07) is 9.40. The molecule has 6 heterocycles. The van der Waals surface area contributed by atoms with Gasteiger partial charge in [0.15, 0.2) is 0 Å². The third-order valence-corrected chi connectivity index (χ3v) is 13.4. The molecule has 20 heteroatoms. The molecule has 0 unspecified atom stereocenters. The van der Waals surface area contributed by atoms with Gasteiger partial charge in [-0.05, 0) is 108 Å². The van der Waals surface area contributed by atoms with E-state index in [0.29, 0.717) is 44.3 Å². The van der Waals surface area contributed by atoms with Gasteiger partial charge in [0, 0.05) is 80.9 Å². The third kappa shape index (κ3) is 32.8. The van der Waals surface area contributed by atoms with Crippen molar-refractivity contribution in [3.8, 4) is 0 Å². The van der Waals surface area contributed by atoms with Gasteiger partial charge in [0.05, 0.1) is 24.1 Å². The summed E-state index contributed by atoms with van der Waals surface area (Å²) >= 11 is 0. The molecule has 4 aliphatic rings. The van der Waals surface area contributed by atoms with Crippen molar-refractivity contribution < 1.29 is 36.0 Å². The van der Waals surface area contributed by atoms with Gasteiger partial charge in [-0.2, -0.15) is 13.7 Å². The van der Waals surface area contributed by atoms with E-state index in [2.05, 4.69) is 10.4 Å². The fourth-order valence-electron chi connectivity index (χ4n) is 6.06. The Kier molecular flexibility index (Phi) is 51.3. The third-order valence-electron chi connectivity index (χ3n) is 9.20. The van der Waals surface area contributed by atoms with Crippen LogP contribution in [0.25, 0.3) is 0 Å². The zero-order valence-electron chi connectivity index (χ0n) is 49.6. The van der Waals surface area contributed by atoms with Crippen molar-refractivity contribution in [3.63, 3.8) is 0 Å². The molecule has 72 heavy (non-hydrogen) atoms. The molecule has 1 N–H and O–H groups in total. The first-order valence-corrected chi connectivity index (χ1v) is 29.8. The number of amides is 3. The second-order valence-corrected chi connectivity index (χ2v) is 20.0. The van der Waals surface area contributed by atoms with Crippen LogP contribution in [0.15, 0.2) is 52.3 Å². The molecule has 0 spiro atoms. The number of rotatable bonds is 6. The van der Waals surface area contributed by atoms with E-state index in [1.807, 2.05) is 172 Å². The second-order valence-electron chi connectivity index (χ2n) is 15.9. The Bertz CT molecular complexity index is 1880.